The lowest BCUT2D eigenvalue weighted by molar-refractivity contribution is -0.384. The quantitative estimate of drug-likeness (QED) is 0.463. The number of carbonyl (C=O) groups excluding carboxylic acids is 3. The first-order valence-electron chi connectivity index (χ1n) is 8.68. The smallest absolute Gasteiger partial charge is 0.270 e. The third kappa shape index (κ3) is 3.24. The molecule has 2 aliphatic rings. The molecule has 0 saturated heterocycles. The zero-order valence-corrected chi connectivity index (χ0v) is 15.2. The molecule has 0 bridgehead atoms. The van der Waals surface area contributed by atoms with E-state index in [9.17, 15) is 24.5 Å². The molecule has 0 saturated carbocycles. The fourth-order valence-electron chi connectivity index (χ4n) is 3.23. The predicted molar refractivity (Wildman–Crippen MR) is 97.6 cm³/mol. The van der Waals surface area contributed by atoms with Gasteiger partial charge in [0.15, 0.2) is 11.5 Å². The number of non-ortho nitro benzene ring substituents is 1. The molecule has 148 valence electrons. The summed E-state index contributed by atoms with van der Waals surface area (Å²) in [5, 5.41) is 13.6. The number of benzene rings is 2. The summed E-state index contributed by atoms with van der Waals surface area (Å²) in [6, 6.07) is 8.26. The van der Waals surface area contributed by atoms with Crippen molar-refractivity contribution in [2.45, 2.75) is 13.0 Å². The standard InChI is InChI=1S/C19H15N3O7/c1-10(11-2-5-15-16(6-11)29-9-28-15)20-17(23)8-21-18(24)13-4-3-12(22(26)27)7-14(13)19(21)25/h2-7,10H,8-9H2,1H3,(H,20,23)/t10-/m0/s1. The molecule has 10 nitrogen and oxygen atoms in total. The van der Waals surface area contributed by atoms with Crippen LogP contribution in [-0.2, 0) is 4.79 Å². The van der Waals surface area contributed by atoms with Gasteiger partial charge in [-0.15, -0.1) is 0 Å². The van der Waals surface area contributed by atoms with Crippen LogP contribution in [0.2, 0.25) is 0 Å². The third-order valence-corrected chi connectivity index (χ3v) is 4.74. The van der Waals surface area contributed by atoms with Gasteiger partial charge in [-0.25, -0.2) is 0 Å². The van der Waals surface area contributed by atoms with Gasteiger partial charge >= 0.3 is 0 Å². The second-order valence-corrected chi connectivity index (χ2v) is 6.59. The van der Waals surface area contributed by atoms with Gasteiger partial charge in [0.2, 0.25) is 12.7 Å². The van der Waals surface area contributed by atoms with E-state index in [0.717, 1.165) is 22.6 Å². The Bertz CT molecular complexity index is 1070. The number of fused-ring (bicyclic) bond motifs is 2. The Morgan fingerprint density at radius 1 is 1.14 bits per heavy atom. The molecule has 1 atom stereocenters. The van der Waals surface area contributed by atoms with Crippen molar-refractivity contribution in [2.24, 2.45) is 0 Å². The van der Waals surface area contributed by atoms with Crippen molar-refractivity contribution in [1.29, 1.82) is 0 Å². The summed E-state index contributed by atoms with van der Waals surface area (Å²) < 4.78 is 10.6. The van der Waals surface area contributed by atoms with E-state index in [1.165, 1.54) is 6.07 Å². The van der Waals surface area contributed by atoms with Crippen molar-refractivity contribution < 1.29 is 28.8 Å². The topological polar surface area (TPSA) is 128 Å². The van der Waals surface area contributed by atoms with Gasteiger partial charge in [0.25, 0.3) is 17.5 Å². The van der Waals surface area contributed by atoms with Crippen LogP contribution in [0.15, 0.2) is 36.4 Å². The number of hydrogen-bond acceptors (Lipinski definition) is 7. The van der Waals surface area contributed by atoms with Crippen LogP contribution in [0.25, 0.3) is 0 Å². The number of amides is 3. The summed E-state index contributed by atoms with van der Waals surface area (Å²) in [6.07, 6.45) is 0. The zero-order valence-electron chi connectivity index (χ0n) is 15.2. The van der Waals surface area contributed by atoms with Crippen molar-refractivity contribution in [3.05, 3.63) is 63.2 Å². The van der Waals surface area contributed by atoms with Crippen LogP contribution in [-0.4, -0.2) is 40.9 Å². The molecular weight excluding hydrogens is 382 g/mol. The average Bonchev–Trinajstić information content (AvgIpc) is 3.26. The SMILES string of the molecule is C[C@H](NC(=O)CN1C(=O)c2ccc([N+](=O)[O-])cc2C1=O)c1ccc2c(c1)OCO2. The number of imide groups is 1. The number of nitrogens with zero attached hydrogens (tertiary/aromatic N) is 2. The molecule has 2 heterocycles. The van der Waals surface area contributed by atoms with E-state index in [2.05, 4.69) is 5.32 Å². The van der Waals surface area contributed by atoms with Gasteiger partial charge in [-0.1, -0.05) is 6.07 Å². The molecule has 0 radical (unpaired) electrons. The van der Waals surface area contributed by atoms with Gasteiger partial charge in [0.05, 0.1) is 22.1 Å². The van der Waals surface area contributed by atoms with E-state index in [1.807, 2.05) is 0 Å². The first-order chi connectivity index (χ1) is 13.8. The number of nitrogens with one attached hydrogen (secondary N) is 1. The van der Waals surface area contributed by atoms with Gasteiger partial charge in [-0.3, -0.25) is 29.4 Å². The largest absolute Gasteiger partial charge is 0.454 e. The first-order valence-corrected chi connectivity index (χ1v) is 8.68. The normalized spacial score (nSPS) is 15.3. The summed E-state index contributed by atoms with van der Waals surface area (Å²) in [6.45, 7) is 1.40. The van der Waals surface area contributed by atoms with E-state index in [4.69, 9.17) is 9.47 Å². The second-order valence-electron chi connectivity index (χ2n) is 6.59. The van der Waals surface area contributed by atoms with E-state index in [0.29, 0.717) is 11.5 Å². The van der Waals surface area contributed by atoms with Crippen LogP contribution in [0.3, 0.4) is 0 Å². The monoisotopic (exact) mass is 397 g/mol. The molecule has 10 heteroatoms. The fourth-order valence-corrected chi connectivity index (χ4v) is 3.23. The van der Waals surface area contributed by atoms with Crippen LogP contribution in [0.4, 0.5) is 5.69 Å². The lowest BCUT2D eigenvalue weighted by atomic mass is 10.1. The minimum absolute atomic E-state index is 0.0391. The first kappa shape index (κ1) is 18.4. The Hall–Kier alpha value is -3.95. The summed E-state index contributed by atoms with van der Waals surface area (Å²) in [5.41, 5.74) is 0.422. The minimum Gasteiger partial charge on any atom is -0.454 e. The molecule has 2 aromatic rings. The molecule has 0 spiro atoms. The number of ether oxygens (including phenoxy) is 2. The van der Waals surface area contributed by atoms with Crippen LogP contribution in [0.5, 0.6) is 11.5 Å². The highest BCUT2D eigenvalue weighted by atomic mass is 16.7. The molecule has 0 fully saturated rings. The number of rotatable bonds is 5. The highest BCUT2D eigenvalue weighted by molar-refractivity contribution is 6.22. The van der Waals surface area contributed by atoms with Gasteiger partial charge in [0, 0.05) is 12.1 Å². The lowest BCUT2D eigenvalue weighted by Crippen LogP contribution is -2.41. The van der Waals surface area contributed by atoms with E-state index in [-0.39, 0.29) is 23.6 Å². The summed E-state index contributed by atoms with van der Waals surface area (Å²) in [5.74, 6) is -0.748. The molecule has 0 unspecified atom stereocenters. The Labute approximate surface area is 164 Å². The predicted octanol–water partition coefficient (Wildman–Crippen LogP) is 1.80. The molecule has 3 amide bonds. The summed E-state index contributed by atoms with van der Waals surface area (Å²) in [4.78, 5) is 48.3. The van der Waals surface area contributed by atoms with Gasteiger partial charge < -0.3 is 14.8 Å². The molecule has 0 aliphatic carbocycles. The Morgan fingerprint density at radius 3 is 2.62 bits per heavy atom. The Balaban J connectivity index is 1.45. The molecule has 0 aromatic heterocycles. The summed E-state index contributed by atoms with van der Waals surface area (Å²) in [7, 11) is 0. The Morgan fingerprint density at radius 2 is 1.86 bits per heavy atom. The van der Waals surface area contributed by atoms with Crippen molar-refractivity contribution >= 4 is 23.4 Å². The van der Waals surface area contributed by atoms with Crippen LogP contribution in [0.1, 0.15) is 39.2 Å². The maximum Gasteiger partial charge on any atom is 0.270 e. The van der Waals surface area contributed by atoms with Crippen LogP contribution < -0.4 is 14.8 Å². The van der Waals surface area contributed by atoms with Crippen molar-refractivity contribution in [1.82, 2.24) is 10.2 Å². The van der Waals surface area contributed by atoms with Crippen molar-refractivity contribution in [3.8, 4) is 11.5 Å². The maximum absolute atomic E-state index is 12.5. The van der Waals surface area contributed by atoms with Crippen LogP contribution in [0, 0.1) is 10.1 Å². The molecule has 29 heavy (non-hydrogen) atoms. The van der Waals surface area contributed by atoms with Crippen molar-refractivity contribution in [3.63, 3.8) is 0 Å². The molecule has 2 aromatic carbocycles. The Kier molecular flexibility index (Phi) is 4.38. The second kappa shape index (κ2) is 6.89. The fraction of sp³-hybridized carbons (Fsp3) is 0.211. The van der Waals surface area contributed by atoms with E-state index < -0.39 is 35.2 Å². The zero-order chi connectivity index (χ0) is 20.7. The van der Waals surface area contributed by atoms with E-state index >= 15 is 0 Å². The number of hydrogen-bond donors (Lipinski definition) is 1. The molecule has 1 N–H and O–H groups in total. The molecule has 2 aliphatic heterocycles. The van der Waals surface area contributed by atoms with Gasteiger partial charge in [0.1, 0.15) is 6.54 Å². The summed E-state index contributed by atoms with van der Waals surface area (Å²) >= 11 is 0. The highest BCUT2D eigenvalue weighted by Gasteiger charge is 2.38. The highest BCUT2D eigenvalue weighted by Crippen LogP contribution is 2.34. The third-order valence-electron chi connectivity index (χ3n) is 4.74. The number of nitro benzene ring substituents is 1. The van der Waals surface area contributed by atoms with Crippen LogP contribution >= 0.6 is 0 Å². The molecule has 4 rings (SSSR count). The van der Waals surface area contributed by atoms with E-state index in [1.54, 1.807) is 25.1 Å². The lowest BCUT2D eigenvalue weighted by Gasteiger charge is -2.18. The van der Waals surface area contributed by atoms with Gasteiger partial charge in [-0.05, 0) is 30.7 Å². The molecular formula is C19H15N3O7. The number of carbonyl (C=O) groups is 3. The number of nitro groups is 1. The maximum atomic E-state index is 12.5. The average molecular weight is 397 g/mol. The van der Waals surface area contributed by atoms with Gasteiger partial charge in [-0.2, -0.15) is 0 Å². The van der Waals surface area contributed by atoms with Crippen molar-refractivity contribution in [2.75, 3.05) is 13.3 Å². The minimum atomic E-state index is -0.736.